The number of aromatic amines is 1. The van der Waals surface area contributed by atoms with Crippen LogP contribution in [0.25, 0.3) is 11.4 Å². The molecule has 178 valence electrons. The lowest BCUT2D eigenvalue weighted by molar-refractivity contribution is -0.121. The molecule has 3 aromatic rings. The van der Waals surface area contributed by atoms with Gasteiger partial charge < -0.3 is 15.0 Å². The summed E-state index contributed by atoms with van der Waals surface area (Å²) in [6.45, 7) is 5.04. The van der Waals surface area contributed by atoms with Crippen LogP contribution in [0.15, 0.2) is 42.5 Å². The van der Waals surface area contributed by atoms with Crippen molar-refractivity contribution in [3.8, 4) is 17.1 Å². The van der Waals surface area contributed by atoms with Crippen molar-refractivity contribution in [2.45, 2.75) is 32.6 Å². The number of halogens is 1. The van der Waals surface area contributed by atoms with Crippen LogP contribution >= 0.6 is 11.6 Å². The van der Waals surface area contributed by atoms with Gasteiger partial charge in [-0.25, -0.2) is 4.98 Å². The zero-order valence-electron chi connectivity index (χ0n) is 19.5. The number of nitrogens with one attached hydrogen (secondary N) is 2. The van der Waals surface area contributed by atoms with Gasteiger partial charge >= 0.3 is 0 Å². The molecule has 1 fully saturated rings. The van der Waals surface area contributed by atoms with Crippen LogP contribution < -0.4 is 10.1 Å². The number of aromatic nitrogens is 3. The molecule has 0 bridgehead atoms. The van der Waals surface area contributed by atoms with Gasteiger partial charge in [-0.15, -0.1) is 0 Å². The Morgan fingerprint density at radius 2 is 1.91 bits per heavy atom. The van der Waals surface area contributed by atoms with Crippen molar-refractivity contribution in [3.05, 3.63) is 58.9 Å². The number of hydrogen-bond donors (Lipinski definition) is 2. The topological polar surface area (TPSA) is 100 Å². The first kappa shape index (κ1) is 23.8. The molecule has 8 nitrogen and oxygen atoms in total. The maximum Gasteiger partial charge on any atom is 0.257 e. The highest BCUT2D eigenvalue weighted by Gasteiger charge is 2.29. The molecular formula is C25H28ClN5O3. The van der Waals surface area contributed by atoms with E-state index in [0.29, 0.717) is 53.8 Å². The summed E-state index contributed by atoms with van der Waals surface area (Å²) < 4.78 is 5.32. The Morgan fingerprint density at radius 3 is 2.59 bits per heavy atom. The molecule has 0 spiro atoms. The minimum atomic E-state index is -0.197. The van der Waals surface area contributed by atoms with Crippen LogP contribution in [0.1, 0.15) is 48.8 Å². The van der Waals surface area contributed by atoms with Crippen LogP contribution in [0.2, 0.25) is 5.02 Å². The van der Waals surface area contributed by atoms with Crippen molar-refractivity contribution < 1.29 is 14.3 Å². The maximum absolute atomic E-state index is 13.1. The van der Waals surface area contributed by atoms with Crippen LogP contribution in [-0.4, -0.2) is 52.1 Å². The number of anilines is 1. The maximum atomic E-state index is 13.1. The Labute approximate surface area is 203 Å². The molecule has 2 N–H and O–H groups in total. The molecule has 9 heteroatoms. The van der Waals surface area contributed by atoms with Crippen molar-refractivity contribution in [3.63, 3.8) is 0 Å². The first-order valence-corrected chi connectivity index (χ1v) is 11.7. The lowest BCUT2D eigenvalue weighted by Gasteiger charge is -2.31. The lowest BCUT2D eigenvalue weighted by atomic mass is 9.95. The Balaban J connectivity index is 1.41. The molecule has 0 aliphatic carbocycles. The lowest BCUT2D eigenvalue weighted by Crippen LogP contribution is -2.41. The Morgan fingerprint density at radius 1 is 1.18 bits per heavy atom. The number of benzene rings is 2. The van der Waals surface area contributed by atoms with Gasteiger partial charge in [0.1, 0.15) is 11.6 Å². The molecule has 0 atom stereocenters. The second-order valence-electron chi connectivity index (χ2n) is 8.64. The summed E-state index contributed by atoms with van der Waals surface area (Å²) >= 11 is 6.08. The van der Waals surface area contributed by atoms with E-state index in [4.69, 9.17) is 16.3 Å². The third-order valence-electron chi connectivity index (χ3n) is 6.02. The summed E-state index contributed by atoms with van der Waals surface area (Å²) in [5.41, 5.74) is 1.86. The Kier molecular flexibility index (Phi) is 7.17. The van der Waals surface area contributed by atoms with Gasteiger partial charge in [-0.3, -0.25) is 14.7 Å². The number of piperidine rings is 1. The smallest absolute Gasteiger partial charge is 0.257 e. The standard InChI is InChI=1S/C25H28ClN5O3/c1-15(2)22-28-23(30-29-22)18-6-4-5-7-20(18)27-24(32)16-10-12-31(13-11-16)25(33)19-14-17(26)8-9-21(19)34-3/h4-9,14-16H,10-13H2,1-3H3,(H,27,32)(H,28,29,30). The molecule has 1 aliphatic heterocycles. The monoisotopic (exact) mass is 481 g/mol. The Hall–Kier alpha value is -3.39. The van der Waals surface area contributed by atoms with Crippen molar-refractivity contribution in [1.82, 2.24) is 20.1 Å². The summed E-state index contributed by atoms with van der Waals surface area (Å²) in [5, 5.41) is 10.8. The van der Waals surface area contributed by atoms with E-state index >= 15 is 0 Å². The molecule has 1 aliphatic rings. The van der Waals surface area contributed by atoms with E-state index in [1.165, 1.54) is 7.11 Å². The summed E-state index contributed by atoms with van der Waals surface area (Å²) in [6.07, 6.45) is 1.14. The minimum Gasteiger partial charge on any atom is -0.496 e. The largest absolute Gasteiger partial charge is 0.496 e. The summed E-state index contributed by atoms with van der Waals surface area (Å²) in [7, 11) is 1.52. The zero-order chi connectivity index (χ0) is 24.2. The number of amides is 2. The molecule has 0 unspecified atom stereocenters. The summed E-state index contributed by atoms with van der Waals surface area (Å²) in [5.74, 6) is 1.64. The summed E-state index contributed by atoms with van der Waals surface area (Å²) in [6, 6.07) is 12.5. The molecule has 34 heavy (non-hydrogen) atoms. The number of carbonyl (C=O) groups is 2. The molecule has 2 amide bonds. The quantitative estimate of drug-likeness (QED) is 0.529. The van der Waals surface area contributed by atoms with E-state index in [1.54, 1.807) is 23.1 Å². The van der Waals surface area contributed by atoms with Crippen LogP contribution in [-0.2, 0) is 4.79 Å². The first-order valence-electron chi connectivity index (χ1n) is 11.3. The van der Waals surface area contributed by atoms with Gasteiger partial charge in [-0.1, -0.05) is 37.6 Å². The molecule has 1 aromatic heterocycles. The third-order valence-corrected chi connectivity index (χ3v) is 6.26. The van der Waals surface area contributed by atoms with Gasteiger partial charge in [-0.05, 0) is 43.2 Å². The number of methoxy groups -OCH3 is 1. The van der Waals surface area contributed by atoms with E-state index < -0.39 is 0 Å². The Bertz CT molecular complexity index is 1180. The van der Waals surface area contributed by atoms with Crippen molar-refractivity contribution in [2.75, 3.05) is 25.5 Å². The molecule has 2 heterocycles. The normalized spacial score (nSPS) is 14.3. The number of likely N-dealkylation sites (tertiary alicyclic amines) is 1. The fraction of sp³-hybridized carbons (Fsp3) is 0.360. The highest BCUT2D eigenvalue weighted by molar-refractivity contribution is 6.31. The predicted octanol–water partition coefficient (Wildman–Crippen LogP) is 4.75. The fourth-order valence-corrected chi connectivity index (χ4v) is 4.21. The molecule has 1 saturated heterocycles. The second-order valence-corrected chi connectivity index (χ2v) is 9.08. The average Bonchev–Trinajstić information content (AvgIpc) is 3.34. The molecule has 2 aromatic carbocycles. The van der Waals surface area contributed by atoms with Gasteiger partial charge in [0.2, 0.25) is 5.91 Å². The molecular weight excluding hydrogens is 454 g/mol. The van der Waals surface area contributed by atoms with Crippen LogP contribution in [0.4, 0.5) is 5.69 Å². The van der Waals surface area contributed by atoms with Gasteiger partial charge in [0.05, 0.1) is 18.4 Å². The van der Waals surface area contributed by atoms with Crippen LogP contribution in [0, 0.1) is 5.92 Å². The van der Waals surface area contributed by atoms with Crippen LogP contribution in [0.5, 0.6) is 5.75 Å². The number of rotatable bonds is 6. The van der Waals surface area contributed by atoms with E-state index in [9.17, 15) is 9.59 Å². The fourth-order valence-electron chi connectivity index (χ4n) is 4.04. The zero-order valence-corrected chi connectivity index (χ0v) is 20.2. The molecule has 4 rings (SSSR count). The van der Waals surface area contributed by atoms with E-state index in [0.717, 1.165) is 11.4 Å². The van der Waals surface area contributed by atoms with Gasteiger partial charge in [0, 0.05) is 35.5 Å². The molecule has 0 saturated carbocycles. The number of H-pyrrole nitrogens is 1. The first-order chi connectivity index (χ1) is 16.4. The van der Waals surface area contributed by atoms with Gasteiger partial charge in [-0.2, -0.15) is 5.10 Å². The predicted molar refractivity (Wildman–Crippen MR) is 131 cm³/mol. The van der Waals surface area contributed by atoms with E-state index in [2.05, 4.69) is 20.5 Å². The number of nitrogens with zero attached hydrogens (tertiary/aromatic N) is 3. The number of ether oxygens (including phenoxy) is 1. The summed E-state index contributed by atoms with van der Waals surface area (Å²) in [4.78, 5) is 32.4. The molecule has 0 radical (unpaired) electrons. The van der Waals surface area contributed by atoms with E-state index in [-0.39, 0.29) is 23.7 Å². The van der Waals surface area contributed by atoms with Gasteiger partial charge in [0.15, 0.2) is 5.82 Å². The number of hydrogen-bond acceptors (Lipinski definition) is 5. The third kappa shape index (κ3) is 5.07. The number of carbonyl (C=O) groups excluding carboxylic acids is 2. The van der Waals surface area contributed by atoms with Gasteiger partial charge in [0.25, 0.3) is 5.91 Å². The second kappa shape index (κ2) is 10.3. The van der Waals surface area contributed by atoms with Crippen LogP contribution in [0.3, 0.4) is 0 Å². The highest BCUT2D eigenvalue weighted by Crippen LogP contribution is 2.29. The highest BCUT2D eigenvalue weighted by atomic mass is 35.5. The van der Waals surface area contributed by atoms with Crippen molar-refractivity contribution in [1.29, 1.82) is 0 Å². The van der Waals surface area contributed by atoms with Crippen molar-refractivity contribution >= 4 is 29.1 Å². The van der Waals surface area contributed by atoms with Crippen molar-refractivity contribution in [2.24, 2.45) is 5.92 Å². The SMILES string of the molecule is COc1ccc(Cl)cc1C(=O)N1CCC(C(=O)Nc2ccccc2-c2n[nH]c(C(C)C)n2)CC1. The average molecular weight is 482 g/mol. The van der Waals surface area contributed by atoms with E-state index in [1.807, 2.05) is 38.1 Å². The minimum absolute atomic E-state index is 0.0699. The number of para-hydroxylation sites is 1.